The van der Waals surface area contributed by atoms with Crippen molar-refractivity contribution in [1.29, 1.82) is 0 Å². The van der Waals surface area contributed by atoms with E-state index in [2.05, 4.69) is 0 Å². The summed E-state index contributed by atoms with van der Waals surface area (Å²) in [6.45, 7) is 1.90. The molecular weight excluding hydrogens is 334 g/mol. The van der Waals surface area contributed by atoms with E-state index in [9.17, 15) is 13.2 Å². The molecule has 2 aromatic rings. The van der Waals surface area contributed by atoms with Gasteiger partial charge in [-0.05, 0) is 31.0 Å². The number of amides is 1. The lowest BCUT2D eigenvalue weighted by Gasteiger charge is -2.18. The summed E-state index contributed by atoms with van der Waals surface area (Å²) in [7, 11) is -3.85. The molecule has 4 rings (SSSR count). The Labute approximate surface area is 147 Å². The van der Waals surface area contributed by atoms with Crippen LogP contribution < -0.4 is 0 Å². The third-order valence-electron chi connectivity index (χ3n) is 5.00. The first-order valence-corrected chi connectivity index (χ1v) is 9.82. The van der Waals surface area contributed by atoms with Crippen LogP contribution in [0.25, 0.3) is 0 Å². The quantitative estimate of drug-likeness (QED) is 0.847. The number of carbonyl (C=O) groups excluding carboxylic acids is 1. The van der Waals surface area contributed by atoms with Crippen LogP contribution in [0.3, 0.4) is 0 Å². The SMILES string of the molecule is Cc1ccc(S(=O)(=O)N2C(=O)C[C@H]3C[C@@H](c4ccccc4)C=C32)cc1. The number of rotatable bonds is 3. The van der Waals surface area contributed by atoms with Crippen LogP contribution in [0, 0.1) is 12.8 Å². The number of hydrogen-bond donors (Lipinski definition) is 0. The predicted octanol–water partition coefficient (Wildman–Crippen LogP) is 3.60. The first kappa shape index (κ1) is 16.1. The minimum absolute atomic E-state index is 0.0158. The lowest BCUT2D eigenvalue weighted by molar-refractivity contribution is -0.123. The van der Waals surface area contributed by atoms with Gasteiger partial charge in [0.05, 0.1) is 4.90 Å². The van der Waals surface area contributed by atoms with Crippen molar-refractivity contribution in [3.8, 4) is 0 Å². The van der Waals surface area contributed by atoms with E-state index in [1.165, 1.54) is 0 Å². The van der Waals surface area contributed by atoms with Crippen molar-refractivity contribution in [3.63, 3.8) is 0 Å². The number of carbonyl (C=O) groups is 1. The van der Waals surface area contributed by atoms with Crippen LogP contribution in [0.2, 0.25) is 0 Å². The zero-order valence-electron chi connectivity index (χ0n) is 13.9. The molecule has 1 amide bonds. The van der Waals surface area contributed by atoms with E-state index in [1.807, 2.05) is 43.3 Å². The fraction of sp³-hybridized carbons (Fsp3) is 0.250. The molecule has 2 aromatic carbocycles. The maximum absolute atomic E-state index is 13.0. The summed E-state index contributed by atoms with van der Waals surface area (Å²) < 4.78 is 27.0. The Morgan fingerprint density at radius 1 is 1.00 bits per heavy atom. The highest BCUT2D eigenvalue weighted by atomic mass is 32.2. The van der Waals surface area contributed by atoms with E-state index in [4.69, 9.17) is 0 Å². The number of nitrogens with zero attached hydrogens (tertiary/aromatic N) is 1. The second-order valence-electron chi connectivity index (χ2n) is 6.72. The minimum atomic E-state index is -3.85. The molecule has 0 radical (unpaired) electrons. The summed E-state index contributed by atoms with van der Waals surface area (Å²) in [5.74, 6) is -0.189. The lowest BCUT2D eigenvalue weighted by atomic mass is 9.95. The molecule has 0 spiro atoms. The average Bonchev–Trinajstić information content (AvgIpc) is 3.12. The summed E-state index contributed by atoms with van der Waals surface area (Å²) in [6.07, 6.45) is 3.00. The summed E-state index contributed by atoms with van der Waals surface area (Å²) in [4.78, 5) is 12.6. The Kier molecular flexibility index (Phi) is 3.76. The number of benzene rings is 2. The van der Waals surface area contributed by atoms with E-state index < -0.39 is 10.0 Å². The second kappa shape index (κ2) is 5.85. The van der Waals surface area contributed by atoms with Gasteiger partial charge in [-0.15, -0.1) is 0 Å². The smallest absolute Gasteiger partial charge is 0.270 e. The van der Waals surface area contributed by atoms with Crippen molar-refractivity contribution in [2.45, 2.75) is 30.6 Å². The van der Waals surface area contributed by atoms with E-state index in [1.54, 1.807) is 24.3 Å². The van der Waals surface area contributed by atoms with Gasteiger partial charge in [0.2, 0.25) is 5.91 Å². The second-order valence-corrected chi connectivity index (χ2v) is 8.51. The maximum Gasteiger partial charge on any atom is 0.270 e. The van der Waals surface area contributed by atoms with Gasteiger partial charge in [0.25, 0.3) is 10.0 Å². The van der Waals surface area contributed by atoms with E-state index in [-0.39, 0.29) is 29.1 Å². The van der Waals surface area contributed by atoms with Gasteiger partial charge in [-0.25, -0.2) is 12.7 Å². The monoisotopic (exact) mass is 353 g/mol. The molecule has 2 aliphatic rings. The van der Waals surface area contributed by atoms with E-state index in [0.29, 0.717) is 5.70 Å². The molecule has 1 aliphatic carbocycles. The largest absolute Gasteiger partial charge is 0.273 e. The standard InChI is InChI=1S/C20H19NO3S/c1-14-7-9-18(10-8-14)25(23,24)21-19-12-16(11-17(19)13-20(21)22)15-5-3-2-4-6-15/h2-10,12,16-17H,11,13H2,1H3/t16-,17-/m1/s1. The van der Waals surface area contributed by atoms with Crippen LogP contribution in [-0.2, 0) is 14.8 Å². The molecule has 1 aliphatic heterocycles. The van der Waals surface area contributed by atoms with Crippen molar-refractivity contribution < 1.29 is 13.2 Å². The molecule has 0 unspecified atom stereocenters. The Balaban J connectivity index is 1.72. The molecule has 0 saturated carbocycles. The fourth-order valence-electron chi connectivity index (χ4n) is 3.72. The molecule has 0 bridgehead atoms. The lowest BCUT2D eigenvalue weighted by Crippen LogP contribution is -2.31. The van der Waals surface area contributed by atoms with Crippen molar-refractivity contribution in [2.24, 2.45) is 5.92 Å². The summed E-state index contributed by atoms with van der Waals surface area (Å²) in [5, 5.41) is 0. The zero-order valence-corrected chi connectivity index (χ0v) is 14.7. The Bertz CT molecular complexity index is 946. The van der Waals surface area contributed by atoms with Crippen LogP contribution in [-0.4, -0.2) is 18.6 Å². The Morgan fingerprint density at radius 3 is 2.36 bits per heavy atom. The molecule has 128 valence electrons. The van der Waals surface area contributed by atoms with Gasteiger partial charge in [0.15, 0.2) is 0 Å². The average molecular weight is 353 g/mol. The number of sulfonamides is 1. The molecule has 1 fully saturated rings. The summed E-state index contributed by atoms with van der Waals surface area (Å²) >= 11 is 0. The third kappa shape index (κ3) is 2.68. The number of hydrogen-bond acceptors (Lipinski definition) is 3. The molecule has 1 heterocycles. The van der Waals surface area contributed by atoms with Crippen LogP contribution in [0.5, 0.6) is 0 Å². The van der Waals surface area contributed by atoms with E-state index in [0.717, 1.165) is 21.9 Å². The molecular formula is C20H19NO3S. The van der Waals surface area contributed by atoms with Crippen LogP contribution >= 0.6 is 0 Å². The van der Waals surface area contributed by atoms with E-state index >= 15 is 0 Å². The first-order valence-electron chi connectivity index (χ1n) is 8.38. The van der Waals surface area contributed by atoms with Gasteiger partial charge >= 0.3 is 0 Å². The van der Waals surface area contributed by atoms with Gasteiger partial charge in [-0.3, -0.25) is 4.79 Å². The summed E-state index contributed by atoms with van der Waals surface area (Å²) in [5.41, 5.74) is 2.78. The summed E-state index contributed by atoms with van der Waals surface area (Å²) in [6, 6.07) is 16.6. The highest BCUT2D eigenvalue weighted by Gasteiger charge is 2.46. The third-order valence-corrected chi connectivity index (χ3v) is 6.76. The Hall–Kier alpha value is -2.40. The number of allylic oxidation sites excluding steroid dienone is 2. The molecule has 4 nitrogen and oxygen atoms in total. The van der Waals surface area contributed by atoms with Gasteiger partial charge < -0.3 is 0 Å². The first-order chi connectivity index (χ1) is 12.0. The molecule has 5 heteroatoms. The minimum Gasteiger partial charge on any atom is -0.273 e. The number of fused-ring (bicyclic) bond motifs is 1. The van der Waals surface area contributed by atoms with Crippen molar-refractivity contribution in [2.75, 3.05) is 0 Å². The number of aryl methyl sites for hydroxylation is 1. The van der Waals surface area contributed by atoms with Crippen LogP contribution in [0.4, 0.5) is 0 Å². The van der Waals surface area contributed by atoms with Gasteiger partial charge in [-0.1, -0.05) is 54.1 Å². The van der Waals surface area contributed by atoms with Gasteiger partial charge in [0.1, 0.15) is 0 Å². The Morgan fingerprint density at radius 2 is 1.68 bits per heavy atom. The predicted molar refractivity (Wildman–Crippen MR) is 95.2 cm³/mol. The van der Waals surface area contributed by atoms with Crippen molar-refractivity contribution in [1.82, 2.24) is 4.31 Å². The van der Waals surface area contributed by atoms with Crippen molar-refractivity contribution in [3.05, 3.63) is 77.5 Å². The molecule has 25 heavy (non-hydrogen) atoms. The highest BCUT2D eigenvalue weighted by Crippen LogP contribution is 2.46. The molecule has 0 N–H and O–H groups in total. The molecule has 1 saturated heterocycles. The molecule has 2 atom stereocenters. The maximum atomic E-state index is 13.0. The van der Waals surface area contributed by atoms with Crippen LogP contribution in [0.15, 0.2) is 71.3 Å². The fourth-order valence-corrected chi connectivity index (χ4v) is 5.24. The highest BCUT2D eigenvalue weighted by molar-refractivity contribution is 7.89. The normalized spacial score (nSPS) is 22.8. The van der Waals surface area contributed by atoms with Gasteiger partial charge in [-0.2, -0.15) is 0 Å². The van der Waals surface area contributed by atoms with Crippen LogP contribution in [0.1, 0.15) is 29.9 Å². The topological polar surface area (TPSA) is 54.5 Å². The van der Waals surface area contributed by atoms with Crippen molar-refractivity contribution >= 4 is 15.9 Å². The molecule has 0 aromatic heterocycles. The zero-order chi connectivity index (χ0) is 17.6. The van der Waals surface area contributed by atoms with Gasteiger partial charge in [0, 0.05) is 24.0 Å².